The molecular weight excluding hydrogens is 256 g/mol. The summed E-state index contributed by atoms with van der Waals surface area (Å²) in [5.74, 6) is -0.299. The first-order valence-corrected chi connectivity index (χ1v) is 6.89. The number of hydrogen-bond acceptors (Lipinski definition) is 4. The average Bonchev–Trinajstić information content (AvgIpc) is 2.47. The van der Waals surface area contributed by atoms with Crippen LogP contribution in [0.5, 0.6) is 0 Å². The van der Waals surface area contributed by atoms with Gasteiger partial charge in [0.25, 0.3) is 0 Å². The van der Waals surface area contributed by atoms with Gasteiger partial charge in [0.05, 0.1) is 24.2 Å². The molecule has 0 saturated carbocycles. The Morgan fingerprint density at radius 3 is 3.05 bits per heavy atom. The fourth-order valence-corrected chi connectivity index (χ4v) is 2.85. The monoisotopic (exact) mass is 272 g/mol. The van der Waals surface area contributed by atoms with Crippen LogP contribution in [0.4, 0.5) is 0 Å². The summed E-state index contributed by atoms with van der Waals surface area (Å²) in [6.07, 6.45) is 3.60. The van der Waals surface area contributed by atoms with Crippen LogP contribution in [0.15, 0.2) is 33.7 Å². The molecule has 0 fully saturated rings. The van der Waals surface area contributed by atoms with Crippen molar-refractivity contribution in [1.29, 1.82) is 0 Å². The second-order valence-electron chi connectivity index (χ2n) is 5.06. The first-order valence-electron chi connectivity index (χ1n) is 6.89. The maximum atomic E-state index is 11.9. The number of rotatable bonds is 2. The lowest BCUT2D eigenvalue weighted by Crippen LogP contribution is -2.25. The number of ether oxygens (including phenoxy) is 1. The zero-order chi connectivity index (χ0) is 14.1. The standard InChI is InChI=1S/C16H16O4/c1-2-19-16(18)11-4-3-10-5-6-12-14(17)7-8-20-15(12)13(10)9-11/h5-8,11H,2-4,9H2,1H3. The number of carbonyl (C=O) groups excluding carboxylic acids is 1. The van der Waals surface area contributed by atoms with Gasteiger partial charge < -0.3 is 9.15 Å². The fourth-order valence-electron chi connectivity index (χ4n) is 2.85. The zero-order valence-corrected chi connectivity index (χ0v) is 11.3. The Kier molecular flexibility index (Phi) is 3.30. The van der Waals surface area contributed by atoms with Crippen LogP contribution in [0.1, 0.15) is 24.5 Å². The third kappa shape index (κ3) is 2.11. The number of fused-ring (bicyclic) bond motifs is 3. The summed E-state index contributed by atoms with van der Waals surface area (Å²) < 4.78 is 10.6. The summed E-state index contributed by atoms with van der Waals surface area (Å²) in [6, 6.07) is 5.20. The Hall–Kier alpha value is -2.10. The smallest absolute Gasteiger partial charge is 0.309 e. The number of benzene rings is 1. The van der Waals surface area contributed by atoms with E-state index in [0.717, 1.165) is 24.0 Å². The van der Waals surface area contributed by atoms with Gasteiger partial charge in [0.1, 0.15) is 5.58 Å². The Morgan fingerprint density at radius 1 is 1.40 bits per heavy atom. The molecule has 0 N–H and O–H groups in total. The van der Waals surface area contributed by atoms with E-state index in [0.29, 0.717) is 24.0 Å². The SMILES string of the molecule is CCOC(=O)C1CCc2ccc3c(=O)ccoc3c2C1. The third-order valence-electron chi connectivity index (χ3n) is 3.86. The van der Waals surface area contributed by atoms with Gasteiger partial charge in [-0.05, 0) is 43.4 Å². The van der Waals surface area contributed by atoms with E-state index in [9.17, 15) is 9.59 Å². The topological polar surface area (TPSA) is 56.5 Å². The van der Waals surface area contributed by atoms with Gasteiger partial charge in [0.2, 0.25) is 0 Å². The molecule has 1 atom stereocenters. The lowest BCUT2D eigenvalue weighted by Gasteiger charge is -2.23. The molecule has 2 aromatic rings. The highest BCUT2D eigenvalue weighted by molar-refractivity contribution is 5.82. The quantitative estimate of drug-likeness (QED) is 0.788. The molecule has 0 spiro atoms. The Labute approximate surface area is 116 Å². The number of carbonyl (C=O) groups is 1. The summed E-state index contributed by atoms with van der Waals surface area (Å²) in [5, 5.41) is 0.579. The molecule has 4 nitrogen and oxygen atoms in total. The Balaban J connectivity index is 2.05. The molecule has 1 unspecified atom stereocenters. The van der Waals surface area contributed by atoms with Crippen LogP contribution in [0.2, 0.25) is 0 Å². The average molecular weight is 272 g/mol. The summed E-state index contributed by atoms with van der Waals surface area (Å²) in [7, 11) is 0. The highest BCUT2D eigenvalue weighted by Crippen LogP contribution is 2.31. The first kappa shape index (κ1) is 12.9. The Morgan fingerprint density at radius 2 is 2.25 bits per heavy atom. The molecule has 1 heterocycles. The molecule has 104 valence electrons. The fraction of sp³-hybridized carbons (Fsp3) is 0.375. The van der Waals surface area contributed by atoms with E-state index >= 15 is 0 Å². The lowest BCUT2D eigenvalue weighted by atomic mass is 9.83. The molecule has 0 amide bonds. The van der Waals surface area contributed by atoms with Gasteiger partial charge in [-0.3, -0.25) is 9.59 Å². The normalized spacial score (nSPS) is 17.8. The molecule has 4 heteroatoms. The van der Waals surface area contributed by atoms with Crippen molar-refractivity contribution in [3.8, 4) is 0 Å². The molecule has 1 aromatic heterocycles. The first-order chi connectivity index (χ1) is 9.70. The maximum Gasteiger partial charge on any atom is 0.309 e. The summed E-state index contributed by atoms with van der Waals surface area (Å²) in [4.78, 5) is 23.7. The van der Waals surface area contributed by atoms with E-state index in [4.69, 9.17) is 9.15 Å². The minimum Gasteiger partial charge on any atom is -0.466 e. The van der Waals surface area contributed by atoms with Gasteiger partial charge in [0.15, 0.2) is 5.43 Å². The van der Waals surface area contributed by atoms with Crippen LogP contribution < -0.4 is 5.43 Å². The van der Waals surface area contributed by atoms with E-state index in [1.807, 2.05) is 19.1 Å². The molecule has 0 radical (unpaired) electrons. The van der Waals surface area contributed by atoms with Gasteiger partial charge in [-0.25, -0.2) is 0 Å². The minimum atomic E-state index is -0.159. The van der Waals surface area contributed by atoms with Gasteiger partial charge in [-0.2, -0.15) is 0 Å². The van der Waals surface area contributed by atoms with Crippen molar-refractivity contribution < 1.29 is 13.9 Å². The van der Waals surface area contributed by atoms with Crippen molar-refractivity contribution in [3.05, 3.63) is 45.8 Å². The van der Waals surface area contributed by atoms with E-state index in [2.05, 4.69) is 0 Å². The number of esters is 1. The molecule has 1 aliphatic rings. The van der Waals surface area contributed by atoms with E-state index in [1.54, 1.807) is 0 Å². The predicted octanol–water partition coefficient (Wildman–Crippen LogP) is 2.46. The Bertz CT molecular complexity index is 714. The number of hydrogen-bond donors (Lipinski definition) is 0. The maximum absolute atomic E-state index is 11.9. The molecule has 1 aromatic carbocycles. The lowest BCUT2D eigenvalue weighted by molar-refractivity contribution is -0.148. The van der Waals surface area contributed by atoms with Gasteiger partial charge in [0, 0.05) is 6.07 Å². The number of aryl methyl sites for hydroxylation is 1. The summed E-state index contributed by atoms with van der Waals surface area (Å²) >= 11 is 0. The minimum absolute atomic E-state index is 0.0488. The van der Waals surface area contributed by atoms with Crippen molar-refractivity contribution >= 4 is 16.9 Å². The van der Waals surface area contributed by atoms with Crippen molar-refractivity contribution in [3.63, 3.8) is 0 Å². The summed E-state index contributed by atoms with van der Waals surface area (Å²) in [5.41, 5.74) is 2.70. The third-order valence-corrected chi connectivity index (χ3v) is 3.86. The summed E-state index contributed by atoms with van der Waals surface area (Å²) in [6.45, 7) is 2.20. The predicted molar refractivity (Wildman–Crippen MR) is 74.6 cm³/mol. The molecule has 3 rings (SSSR count). The van der Waals surface area contributed by atoms with Crippen molar-refractivity contribution in [2.45, 2.75) is 26.2 Å². The van der Waals surface area contributed by atoms with Crippen LogP contribution in [0, 0.1) is 5.92 Å². The van der Waals surface area contributed by atoms with Gasteiger partial charge in [-0.1, -0.05) is 6.07 Å². The van der Waals surface area contributed by atoms with E-state index < -0.39 is 0 Å². The van der Waals surface area contributed by atoms with E-state index in [-0.39, 0.29) is 17.3 Å². The molecule has 0 bridgehead atoms. The van der Waals surface area contributed by atoms with Crippen LogP contribution in [0.25, 0.3) is 11.0 Å². The zero-order valence-electron chi connectivity index (χ0n) is 11.3. The van der Waals surface area contributed by atoms with Crippen molar-refractivity contribution in [2.75, 3.05) is 6.61 Å². The van der Waals surface area contributed by atoms with Crippen LogP contribution in [0.3, 0.4) is 0 Å². The van der Waals surface area contributed by atoms with Crippen molar-refractivity contribution in [1.82, 2.24) is 0 Å². The molecule has 0 aliphatic heterocycles. The van der Waals surface area contributed by atoms with Crippen LogP contribution >= 0.6 is 0 Å². The largest absolute Gasteiger partial charge is 0.466 e. The second-order valence-corrected chi connectivity index (χ2v) is 5.06. The second kappa shape index (κ2) is 5.12. The highest BCUT2D eigenvalue weighted by atomic mass is 16.5. The van der Waals surface area contributed by atoms with E-state index in [1.165, 1.54) is 12.3 Å². The molecule has 0 saturated heterocycles. The van der Waals surface area contributed by atoms with Crippen molar-refractivity contribution in [2.24, 2.45) is 5.92 Å². The van der Waals surface area contributed by atoms with Gasteiger partial charge >= 0.3 is 5.97 Å². The highest BCUT2D eigenvalue weighted by Gasteiger charge is 2.27. The molecule has 20 heavy (non-hydrogen) atoms. The van der Waals surface area contributed by atoms with Gasteiger partial charge in [-0.15, -0.1) is 0 Å². The molecule has 1 aliphatic carbocycles. The molecular formula is C16H16O4. The van der Waals surface area contributed by atoms with Crippen LogP contribution in [-0.4, -0.2) is 12.6 Å². The van der Waals surface area contributed by atoms with Crippen LogP contribution in [-0.2, 0) is 22.4 Å².